The lowest BCUT2D eigenvalue weighted by molar-refractivity contribution is -0.192. The molecule has 1 aromatic carbocycles. The van der Waals surface area contributed by atoms with Crippen molar-refractivity contribution in [2.24, 2.45) is 5.73 Å². The number of carbonyl (C=O) groups excluding carboxylic acids is 1. The second kappa shape index (κ2) is 17.0. The number of phenolic OH excluding ortho intramolecular Hbond substituents is 2. The predicted octanol–water partition coefficient (Wildman–Crippen LogP) is 1.09. The molecule has 184 valence electrons. The zero-order chi connectivity index (χ0) is 24.4. The third-order valence-corrected chi connectivity index (χ3v) is 4.03. The fraction of sp³-hybridized carbons (Fsp3) is 0.600. The molecular formula is C20H33F3N4O5. The molecule has 1 aromatic rings. The van der Waals surface area contributed by atoms with Crippen molar-refractivity contribution in [1.29, 1.82) is 0 Å². The average molecular weight is 467 g/mol. The monoisotopic (exact) mass is 466 g/mol. The van der Waals surface area contributed by atoms with Crippen molar-refractivity contribution in [2.45, 2.75) is 38.3 Å². The third kappa shape index (κ3) is 16.2. The molecule has 0 aliphatic carbocycles. The van der Waals surface area contributed by atoms with Gasteiger partial charge in [-0.15, -0.1) is 0 Å². The van der Waals surface area contributed by atoms with Crippen molar-refractivity contribution in [1.82, 2.24) is 16.0 Å². The number of unbranched alkanes of at least 4 members (excludes halogenated alkanes) is 1. The van der Waals surface area contributed by atoms with E-state index in [-0.39, 0.29) is 23.8 Å². The first-order chi connectivity index (χ1) is 15.1. The lowest BCUT2D eigenvalue weighted by atomic mass is 10.1. The molecule has 0 aliphatic heterocycles. The van der Waals surface area contributed by atoms with E-state index in [0.29, 0.717) is 12.1 Å². The Morgan fingerprint density at radius 1 is 0.906 bits per heavy atom. The standard InChI is InChI=1S/C18H32N4O3.C2HF3O2/c19-7-3-10-20-8-1-2-9-21-11-4-12-22-18(25)13-15-5-6-16(23)14-17(15)24;3-2(4,5)1(6)7/h5-6,14,20-21,23-24H,1-4,7-13,19H2,(H,22,25);(H,6,7). The van der Waals surface area contributed by atoms with Gasteiger partial charge in [-0.2, -0.15) is 13.2 Å². The molecule has 9 nitrogen and oxygen atoms in total. The maximum Gasteiger partial charge on any atom is 0.490 e. The van der Waals surface area contributed by atoms with Crippen LogP contribution in [0.25, 0.3) is 0 Å². The normalized spacial score (nSPS) is 10.9. The number of hydrogen-bond acceptors (Lipinski definition) is 7. The predicted molar refractivity (Wildman–Crippen MR) is 113 cm³/mol. The van der Waals surface area contributed by atoms with Gasteiger partial charge in [0, 0.05) is 18.2 Å². The van der Waals surface area contributed by atoms with Crippen LogP contribution in [0.3, 0.4) is 0 Å². The van der Waals surface area contributed by atoms with Crippen molar-refractivity contribution < 1.29 is 38.1 Å². The molecule has 0 spiro atoms. The number of amides is 1. The quantitative estimate of drug-likeness (QED) is 0.201. The van der Waals surface area contributed by atoms with E-state index in [4.69, 9.17) is 15.6 Å². The van der Waals surface area contributed by atoms with Crippen LogP contribution in [0.15, 0.2) is 18.2 Å². The Morgan fingerprint density at radius 3 is 1.94 bits per heavy atom. The number of carboxylic acids is 1. The second-order valence-corrected chi connectivity index (χ2v) is 6.85. The summed E-state index contributed by atoms with van der Waals surface area (Å²) < 4.78 is 31.7. The minimum atomic E-state index is -5.08. The van der Waals surface area contributed by atoms with E-state index in [2.05, 4.69) is 16.0 Å². The van der Waals surface area contributed by atoms with E-state index in [1.54, 1.807) is 6.07 Å². The van der Waals surface area contributed by atoms with Crippen LogP contribution in [-0.4, -0.2) is 72.6 Å². The number of hydrogen-bond donors (Lipinski definition) is 7. The number of rotatable bonds is 14. The Morgan fingerprint density at radius 2 is 1.44 bits per heavy atom. The minimum Gasteiger partial charge on any atom is -0.508 e. The molecule has 0 heterocycles. The molecule has 0 bridgehead atoms. The molecule has 0 saturated carbocycles. The summed E-state index contributed by atoms with van der Waals surface area (Å²) in [4.78, 5) is 20.7. The molecule has 12 heteroatoms. The highest BCUT2D eigenvalue weighted by molar-refractivity contribution is 5.79. The number of benzene rings is 1. The van der Waals surface area contributed by atoms with Gasteiger partial charge in [-0.05, 0) is 64.5 Å². The molecule has 0 atom stereocenters. The van der Waals surface area contributed by atoms with Gasteiger partial charge in [-0.3, -0.25) is 4.79 Å². The first-order valence-corrected chi connectivity index (χ1v) is 10.3. The summed E-state index contributed by atoms with van der Waals surface area (Å²) in [5.41, 5.74) is 5.93. The fourth-order valence-electron chi connectivity index (χ4n) is 2.36. The van der Waals surface area contributed by atoms with Crippen LogP contribution in [0, 0.1) is 0 Å². The lowest BCUT2D eigenvalue weighted by Crippen LogP contribution is -2.29. The largest absolute Gasteiger partial charge is 0.508 e. The maximum absolute atomic E-state index is 11.8. The highest BCUT2D eigenvalue weighted by atomic mass is 19.4. The summed E-state index contributed by atoms with van der Waals surface area (Å²) in [5.74, 6) is -2.97. The number of carbonyl (C=O) groups is 2. The fourth-order valence-corrected chi connectivity index (χ4v) is 2.36. The first kappa shape index (κ1) is 29.4. The molecule has 0 fully saturated rings. The summed E-state index contributed by atoms with van der Waals surface area (Å²) in [6.07, 6.45) is -0.818. The molecule has 0 aromatic heterocycles. The highest BCUT2D eigenvalue weighted by Crippen LogP contribution is 2.22. The maximum atomic E-state index is 11.8. The van der Waals surface area contributed by atoms with Crippen molar-refractivity contribution in [3.05, 3.63) is 23.8 Å². The zero-order valence-electron chi connectivity index (χ0n) is 17.9. The van der Waals surface area contributed by atoms with E-state index < -0.39 is 12.1 Å². The molecule has 32 heavy (non-hydrogen) atoms. The Hall–Kier alpha value is -2.57. The van der Waals surface area contributed by atoms with Crippen LogP contribution in [-0.2, 0) is 16.0 Å². The highest BCUT2D eigenvalue weighted by Gasteiger charge is 2.38. The van der Waals surface area contributed by atoms with Crippen molar-refractivity contribution >= 4 is 11.9 Å². The summed E-state index contributed by atoms with van der Waals surface area (Å²) in [6.45, 7) is 5.21. The van der Waals surface area contributed by atoms with Crippen LogP contribution in [0.2, 0.25) is 0 Å². The van der Waals surface area contributed by atoms with E-state index >= 15 is 0 Å². The van der Waals surface area contributed by atoms with Gasteiger partial charge in [0.15, 0.2) is 0 Å². The van der Waals surface area contributed by atoms with Gasteiger partial charge in [0.25, 0.3) is 0 Å². The number of phenols is 2. The van der Waals surface area contributed by atoms with Crippen LogP contribution >= 0.6 is 0 Å². The van der Waals surface area contributed by atoms with E-state index in [9.17, 15) is 28.2 Å². The van der Waals surface area contributed by atoms with Gasteiger partial charge in [0.1, 0.15) is 11.5 Å². The van der Waals surface area contributed by atoms with E-state index in [1.807, 2.05) is 0 Å². The van der Waals surface area contributed by atoms with E-state index in [1.165, 1.54) is 12.1 Å². The van der Waals surface area contributed by atoms with Crippen LogP contribution in [0.1, 0.15) is 31.2 Å². The molecule has 1 amide bonds. The van der Waals surface area contributed by atoms with Crippen molar-refractivity contribution in [2.75, 3.05) is 39.3 Å². The first-order valence-electron chi connectivity index (χ1n) is 10.3. The van der Waals surface area contributed by atoms with Crippen LogP contribution in [0.4, 0.5) is 13.2 Å². The number of aromatic hydroxyl groups is 2. The smallest absolute Gasteiger partial charge is 0.490 e. The Bertz CT molecular complexity index is 675. The van der Waals surface area contributed by atoms with Crippen LogP contribution in [0.5, 0.6) is 11.5 Å². The Balaban J connectivity index is 0.00000118. The molecule has 1 rings (SSSR count). The van der Waals surface area contributed by atoms with Gasteiger partial charge >= 0.3 is 12.1 Å². The number of carboxylic acid groups (broad SMARTS) is 1. The molecule has 0 unspecified atom stereocenters. The molecule has 0 radical (unpaired) electrons. The summed E-state index contributed by atoms with van der Waals surface area (Å²) in [7, 11) is 0. The summed E-state index contributed by atoms with van der Waals surface area (Å²) in [5, 5.41) is 35.5. The average Bonchev–Trinajstić information content (AvgIpc) is 2.70. The van der Waals surface area contributed by atoms with Crippen LogP contribution < -0.4 is 21.7 Å². The minimum absolute atomic E-state index is 0.0147. The third-order valence-electron chi connectivity index (χ3n) is 4.03. The topological polar surface area (TPSA) is 157 Å². The molecule has 0 saturated heterocycles. The summed E-state index contributed by atoms with van der Waals surface area (Å²) in [6, 6.07) is 4.25. The van der Waals surface area contributed by atoms with Gasteiger partial charge in [-0.1, -0.05) is 6.07 Å². The second-order valence-electron chi connectivity index (χ2n) is 6.85. The lowest BCUT2D eigenvalue weighted by Gasteiger charge is -2.08. The van der Waals surface area contributed by atoms with Crippen molar-refractivity contribution in [3.8, 4) is 11.5 Å². The summed E-state index contributed by atoms with van der Waals surface area (Å²) >= 11 is 0. The number of halogens is 3. The Labute approximate surface area is 185 Å². The van der Waals surface area contributed by atoms with Gasteiger partial charge < -0.3 is 37.0 Å². The van der Waals surface area contributed by atoms with E-state index in [0.717, 1.165) is 58.4 Å². The zero-order valence-corrected chi connectivity index (χ0v) is 17.9. The number of aliphatic carboxylic acids is 1. The molecular weight excluding hydrogens is 433 g/mol. The van der Waals surface area contributed by atoms with Gasteiger partial charge in [0.2, 0.25) is 5.91 Å². The Kier molecular flexibility index (Phi) is 15.7. The van der Waals surface area contributed by atoms with Gasteiger partial charge in [0.05, 0.1) is 6.42 Å². The number of nitrogens with one attached hydrogen (secondary N) is 3. The number of alkyl halides is 3. The van der Waals surface area contributed by atoms with Gasteiger partial charge in [-0.25, -0.2) is 4.79 Å². The van der Waals surface area contributed by atoms with Crippen molar-refractivity contribution in [3.63, 3.8) is 0 Å². The SMILES string of the molecule is NCCCNCCCCNCCCNC(=O)Cc1ccc(O)cc1O.O=C(O)C(F)(F)F. The molecule has 8 N–H and O–H groups in total. The number of nitrogens with two attached hydrogens (primary N) is 1. The molecule has 0 aliphatic rings.